The number of halogens is 1. The van der Waals surface area contributed by atoms with Crippen molar-refractivity contribution in [3.05, 3.63) is 35.9 Å². The molecule has 1 aromatic heterocycles. The van der Waals surface area contributed by atoms with E-state index in [0.29, 0.717) is 24.1 Å². The topological polar surface area (TPSA) is 80.9 Å². The van der Waals surface area contributed by atoms with Gasteiger partial charge in [0.05, 0.1) is 11.1 Å². The Labute approximate surface area is 110 Å². The van der Waals surface area contributed by atoms with E-state index >= 15 is 0 Å². The van der Waals surface area contributed by atoms with Gasteiger partial charge in [-0.05, 0) is 25.5 Å². The Morgan fingerprint density at radius 2 is 2.05 bits per heavy atom. The molecular formula is C13H15FN4O. The number of rotatable bonds is 5. The van der Waals surface area contributed by atoms with Crippen LogP contribution in [0.1, 0.15) is 23.2 Å². The van der Waals surface area contributed by atoms with Crippen molar-refractivity contribution < 1.29 is 9.18 Å². The highest BCUT2D eigenvalue weighted by Crippen LogP contribution is 2.16. The standard InChI is InChI=1S/C13H15FN4O/c14-9-7-10(13(19)18-4-2-1-3-15)12-11(8-9)16-5-6-17-12/h5-8H,1-4,15H2,(H,18,19). The number of fused-ring (bicyclic) bond motifs is 1. The number of nitrogens with one attached hydrogen (secondary N) is 1. The lowest BCUT2D eigenvalue weighted by atomic mass is 10.1. The summed E-state index contributed by atoms with van der Waals surface area (Å²) in [6, 6.07) is 2.43. The minimum Gasteiger partial charge on any atom is -0.352 e. The lowest BCUT2D eigenvalue weighted by molar-refractivity contribution is 0.0954. The average Bonchev–Trinajstić information content (AvgIpc) is 2.42. The van der Waals surface area contributed by atoms with E-state index in [-0.39, 0.29) is 11.5 Å². The third-order valence-electron chi connectivity index (χ3n) is 2.70. The van der Waals surface area contributed by atoms with Gasteiger partial charge in [-0.1, -0.05) is 0 Å². The number of nitrogens with two attached hydrogens (primary N) is 1. The van der Waals surface area contributed by atoms with E-state index in [2.05, 4.69) is 15.3 Å². The van der Waals surface area contributed by atoms with E-state index in [1.165, 1.54) is 24.5 Å². The summed E-state index contributed by atoms with van der Waals surface area (Å²) in [4.78, 5) is 20.1. The number of nitrogens with zero attached hydrogens (tertiary/aromatic N) is 2. The van der Waals surface area contributed by atoms with Crippen molar-refractivity contribution in [2.45, 2.75) is 12.8 Å². The maximum absolute atomic E-state index is 13.4. The molecule has 0 saturated carbocycles. The minimum absolute atomic E-state index is 0.204. The van der Waals surface area contributed by atoms with E-state index in [1.807, 2.05) is 0 Å². The molecule has 0 fully saturated rings. The second kappa shape index (κ2) is 6.19. The minimum atomic E-state index is -0.500. The number of hydrogen-bond acceptors (Lipinski definition) is 4. The predicted molar refractivity (Wildman–Crippen MR) is 70.1 cm³/mol. The lowest BCUT2D eigenvalue weighted by Gasteiger charge is -2.07. The predicted octanol–water partition coefficient (Wildman–Crippen LogP) is 1.24. The number of hydrogen-bond donors (Lipinski definition) is 2. The van der Waals surface area contributed by atoms with Crippen LogP contribution in [0.15, 0.2) is 24.5 Å². The van der Waals surface area contributed by atoms with Gasteiger partial charge in [-0.3, -0.25) is 14.8 Å². The first-order chi connectivity index (χ1) is 9.22. The SMILES string of the molecule is NCCCCNC(=O)c1cc(F)cc2nccnc12. The molecule has 0 aliphatic carbocycles. The van der Waals surface area contributed by atoms with Crippen molar-refractivity contribution in [3.8, 4) is 0 Å². The van der Waals surface area contributed by atoms with E-state index in [0.717, 1.165) is 12.8 Å². The van der Waals surface area contributed by atoms with Crippen LogP contribution in [0.5, 0.6) is 0 Å². The van der Waals surface area contributed by atoms with Gasteiger partial charge in [-0.2, -0.15) is 0 Å². The molecule has 0 spiro atoms. The summed E-state index contributed by atoms with van der Waals surface area (Å²) in [5.41, 5.74) is 6.35. The largest absolute Gasteiger partial charge is 0.352 e. The molecule has 100 valence electrons. The molecule has 2 rings (SSSR count). The molecule has 1 aromatic carbocycles. The van der Waals surface area contributed by atoms with E-state index in [1.54, 1.807) is 0 Å². The molecule has 0 aliphatic rings. The first-order valence-corrected chi connectivity index (χ1v) is 6.11. The van der Waals surface area contributed by atoms with E-state index in [4.69, 9.17) is 5.73 Å². The molecule has 0 radical (unpaired) electrons. The molecule has 19 heavy (non-hydrogen) atoms. The third-order valence-corrected chi connectivity index (χ3v) is 2.70. The van der Waals surface area contributed by atoms with Crippen LogP contribution in [0.25, 0.3) is 11.0 Å². The Morgan fingerprint density at radius 3 is 2.84 bits per heavy atom. The highest BCUT2D eigenvalue weighted by Gasteiger charge is 2.13. The van der Waals surface area contributed by atoms with Gasteiger partial charge in [-0.25, -0.2) is 4.39 Å². The maximum atomic E-state index is 13.4. The van der Waals surface area contributed by atoms with Crippen LogP contribution in [0.4, 0.5) is 4.39 Å². The Balaban J connectivity index is 2.21. The van der Waals surface area contributed by atoms with Crippen molar-refractivity contribution in [1.82, 2.24) is 15.3 Å². The smallest absolute Gasteiger partial charge is 0.253 e. The van der Waals surface area contributed by atoms with Gasteiger partial charge in [0.25, 0.3) is 5.91 Å². The fourth-order valence-electron chi connectivity index (χ4n) is 1.78. The van der Waals surface area contributed by atoms with Gasteiger partial charge in [0.1, 0.15) is 11.3 Å². The van der Waals surface area contributed by atoms with Crippen LogP contribution in [0.2, 0.25) is 0 Å². The van der Waals surface area contributed by atoms with Gasteiger partial charge >= 0.3 is 0 Å². The van der Waals surface area contributed by atoms with E-state index in [9.17, 15) is 9.18 Å². The normalized spacial score (nSPS) is 10.6. The van der Waals surface area contributed by atoms with Crippen molar-refractivity contribution in [2.75, 3.05) is 13.1 Å². The maximum Gasteiger partial charge on any atom is 0.253 e. The fraction of sp³-hybridized carbons (Fsp3) is 0.308. The van der Waals surface area contributed by atoms with Gasteiger partial charge in [0.2, 0.25) is 0 Å². The number of carbonyl (C=O) groups is 1. The highest BCUT2D eigenvalue weighted by atomic mass is 19.1. The molecule has 1 heterocycles. The van der Waals surface area contributed by atoms with Crippen LogP contribution < -0.4 is 11.1 Å². The zero-order chi connectivity index (χ0) is 13.7. The molecule has 0 aliphatic heterocycles. The summed E-state index contributed by atoms with van der Waals surface area (Å²) in [5.74, 6) is -0.845. The molecule has 2 aromatic rings. The van der Waals surface area contributed by atoms with Crippen LogP contribution in [0, 0.1) is 5.82 Å². The summed E-state index contributed by atoms with van der Waals surface area (Å²) in [5, 5.41) is 2.72. The average molecular weight is 262 g/mol. The molecule has 5 nitrogen and oxygen atoms in total. The summed E-state index contributed by atoms with van der Waals surface area (Å²) >= 11 is 0. The van der Waals surface area contributed by atoms with Crippen LogP contribution >= 0.6 is 0 Å². The number of amides is 1. The Kier molecular flexibility index (Phi) is 4.35. The first kappa shape index (κ1) is 13.4. The van der Waals surface area contributed by atoms with Gasteiger partial charge in [0, 0.05) is 25.0 Å². The fourth-order valence-corrected chi connectivity index (χ4v) is 1.78. The zero-order valence-electron chi connectivity index (χ0n) is 10.4. The molecule has 0 saturated heterocycles. The van der Waals surface area contributed by atoms with Crippen molar-refractivity contribution in [1.29, 1.82) is 0 Å². The third kappa shape index (κ3) is 3.23. The molecule has 0 unspecified atom stereocenters. The number of carbonyl (C=O) groups excluding carboxylic acids is 1. The molecular weight excluding hydrogens is 247 g/mol. The number of unbranched alkanes of at least 4 members (excludes halogenated alkanes) is 1. The van der Waals surface area contributed by atoms with Gasteiger partial charge in [-0.15, -0.1) is 0 Å². The summed E-state index contributed by atoms with van der Waals surface area (Å²) in [6.45, 7) is 1.10. The summed E-state index contributed by atoms with van der Waals surface area (Å²) < 4.78 is 13.4. The summed E-state index contributed by atoms with van der Waals surface area (Å²) in [7, 11) is 0. The molecule has 6 heteroatoms. The van der Waals surface area contributed by atoms with Gasteiger partial charge in [0.15, 0.2) is 0 Å². The number of aromatic nitrogens is 2. The molecule has 3 N–H and O–H groups in total. The van der Waals surface area contributed by atoms with Crippen molar-refractivity contribution in [2.24, 2.45) is 5.73 Å². The van der Waals surface area contributed by atoms with Crippen molar-refractivity contribution >= 4 is 16.9 Å². The van der Waals surface area contributed by atoms with Gasteiger partial charge < -0.3 is 11.1 Å². The van der Waals surface area contributed by atoms with Crippen LogP contribution in [-0.2, 0) is 0 Å². The Bertz CT molecular complexity index is 588. The Morgan fingerprint density at radius 1 is 1.26 bits per heavy atom. The monoisotopic (exact) mass is 262 g/mol. The summed E-state index contributed by atoms with van der Waals surface area (Å²) in [6.07, 6.45) is 4.57. The highest BCUT2D eigenvalue weighted by molar-refractivity contribution is 6.04. The molecule has 0 atom stereocenters. The first-order valence-electron chi connectivity index (χ1n) is 6.11. The molecule has 1 amide bonds. The van der Waals surface area contributed by atoms with Crippen molar-refractivity contribution in [3.63, 3.8) is 0 Å². The Hall–Kier alpha value is -2.08. The molecule has 0 bridgehead atoms. The quantitative estimate of drug-likeness (QED) is 0.794. The zero-order valence-corrected chi connectivity index (χ0v) is 10.4. The van der Waals surface area contributed by atoms with Crippen LogP contribution in [0.3, 0.4) is 0 Å². The number of benzene rings is 1. The lowest BCUT2D eigenvalue weighted by Crippen LogP contribution is -2.25. The van der Waals surface area contributed by atoms with E-state index < -0.39 is 5.82 Å². The van der Waals surface area contributed by atoms with Crippen LogP contribution in [-0.4, -0.2) is 29.0 Å². The second-order valence-corrected chi connectivity index (χ2v) is 4.13. The second-order valence-electron chi connectivity index (χ2n) is 4.13.